The number of fused-ring (bicyclic) bond motifs is 7. The fourth-order valence-corrected chi connectivity index (χ4v) is 9.94. The van der Waals surface area contributed by atoms with Gasteiger partial charge in [0.1, 0.15) is 12.0 Å². The molecule has 6 bridgehead atoms. The Morgan fingerprint density at radius 1 is 0.615 bits per heavy atom. The average molecular weight is 684 g/mol. The number of aliphatic imine (C=N–C) groups is 2. The summed E-state index contributed by atoms with van der Waals surface area (Å²) in [5.74, 6) is 1.67. The van der Waals surface area contributed by atoms with Crippen molar-refractivity contribution in [3.63, 3.8) is 0 Å². The van der Waals surface area contributed by atoms with Gasteiger partial charge in [0.25, 0.3) is 0 Å². The van der Waals surface area contributed by atoms with Crippen LogP contribution in [0.15, 0.2) is 171 Å². The van der Waals surface area contributed by atoms with Crippen LogP contribution in [0, 0.1) is 6.92 Å². The Labute approximate surface area is 307 Å². The van der Waals surface area contributed by atoms with Gasteiger partial charge >= 0.3 is 0 Å². The molecule has 0 spiro atoms. The SMILES string of the molecule is Cc1ccc2ccc3c(c2c1)Sc1c2c(cc4ccccc14)-c1cccc(c1-3)-c1cccc(C3=NC(C4=CC=CCC4)=NC(c4ccccc4)N3)c1-2. The summed E-state index contributed by atoms with van der Waals surface area (Å²) in [6.45, 7) is 2.20. The van der Waals surface area contributed by atoms with Gasteiger partial charge in [0.15, 0.2) is 5.84 Å². The van der Waals surface area contributed by atoms with E-state index in [9.17, 15) is 0 Å². The molecular weight excluding hydrogens is 651 g/mol. The Morgan fingerprint density at radius 3 is 2.23 bits per heavy atom. The van der Waals surface area contributed by atoms with Crippen molar-refractivity contribution in [2.24, 2.45) is 9.98 Å². The lowest BCUT2D eigenvalue weighted by atomic mass is 9.87. The fraction of sp³-hybridized carbons (Fsp3) is 0.0833. The van der Waals surface area contributed by atoms with E-state index in [1.54, 1.807) is 0 Å². The quantitative estimate of drug-likeness (QED) is 0.201. The van der Waals surface area contributed by atoms with Crippen molar-refractivity contribution in [3.05, 3.63) is 168 Å². The third-order valence-corrected chi connectivity index (χ3v) is 12.2. The fourth-order valence-electron chi connectivity index (χ4n) is 8.56. The number of benzene rings is 7. The van der Waals surface area contributed by atoms with Gasteiger partial charge in [-0.1, -0.05) is 157 Å². The summed E-state index contributed by atoms with van der Waals surface area (Å²) in [6, 6.07) is 47.1. The van der Waals surface area contributed by atoms with Crippen LogP contribution in [0.4, 0.5) is 0 Å². The number of hydrogen-bond donors (Lipinski definition) is 1. The molecule has 3 nitrogen and oxygen atoms in total. The van der Waals surface area contributed by atoms with Crippen molar-refractivity contribution < 1.29 is 0 Å². The maximum atomic E-state index is 5.39. The van der Waals surface area contributed by atoms with E-state index in [1.807, 2.05) is 11.8 Å². The van der Waals surface area contributed by atoms with Gasteiger partial charge in [0.2, 0.25) is 0 Å². The van der Waals surface area contributed by atoms with Crippen LogP contribution in [-0.4, -0.2) is 11.7 Å². The Morgan fingerprint density at radius 2 is 1.38 bits per heavy atom. The van der Waals surface area contributed by atoms with Crippen LogP contribution in [0.5, 0.6) is 0 Å². The molecule has 0 amide bonds. The highest BCUT2D eigenvalue weighted by Crippen LogP contribution is 2.60. The molecule has 4 heteroatoms. The molecule has 0 saturated heterocycles. The molecule has 2 heterocycles. The molecule has 11 rings (SSSR count). The van der Waals surface area contributed by atoms with Gasteiger partial charge in [-0.25, -0.2) is 9.98 Å². The van der Waals surface area contributed by atoms with Crippen molar-refractivity contribution in [2.45, 2.75) is 35.7 Å². The zero-order valence-corrected chi connectivity index (χ0v) is 29.5. The topological polar surface area (TPSA) is 36.8 Å². The standard InChI is InChI=1S/C48H33N3S/c1-28-22-23-29-24-25-37-41-34-18-10-20-36(41)40-27-32-16-8-9-17-33(32)45(52-44(37)39(29)26-28)43(40)42-35(34)19-11-21-38(42)48-50-46(30-12-4-2-5-13-30)49-47(51-48)31-14-6-3-7-15-31/h2-6,8-14,16-27,46H,7,15H2,1H3,(H,49,50,51). The second kappa shape index (κ2) is 11.5. The molecule has 0 radical (unpaired) electrons. The van der Waals surface area contributed by atoms with Crippen molar-refractivity contribution in [1.29, 1.82) is 0 Å². The summed E-state index contributed by atoms with van der Waals surface area (Å²) >= 11 is 1.93. The third kappa shape index (κ3) is 4.47. The highest BCUT2D eigenvalue weighted by atomic mass is 32.2. The van der Waals surface area contributed by atoms with Gasteiger partial charge in [-0.15, -0.1) is 0 Å². The lowest BCUT2D eigenvalue weighted by molar-refractivity contribution is 0.673. The van der Waals surface area contributed by atoms with E-state index >= 15 is 0 Å². The first-order valence-electron chi connectivity index (χ1n) is 18.1. The third-order valence-electron chi connectivity index (χ3n) is 11.0. The summed E-state index contributed by atoms with van der Waals surface area (Å²) in [4.78, 5) is 13.2. The van der Waals surface area contributed by atoms with Gasteiger partial charge < -0.3 is 5.32 Å². The molecule has 1 unspecified atom stereocenters. The van der Waals surface area contributed by atoms with Gasteiger partial charge in [0, 0.05) is 26.5 Å². The molecule has 0 fully saturated rings. The van der Waals surface area contributed by atoms with Crippen molar-refractivity contribution in [2.75, 3.05) is 0 Å². The molecule has 1 N–H and O–H groups in total. The van der Waals surface area contributed by atoms with Crippen LogP contribution in [0.3, 0.4) is 0 Å². The van der Waals surface area contributed by atoms with Gasteiger partial charge in [0.05, 0.1) is 0 Å². The molecule has 1 atom stereocenters. The number of aryl methyl sites for hydroxylation is 1. The molecule has 0 saturated carbocycles. The van der Waals surface area contributed by atoms with E-state index in [4.69, 9.17) is 9.98 Å². The monoisotopic (exact) mass is 683 g/mol. The highest BCUT2D eigenvalue weighted by Gasteiger charge is 2.34. The molecule has 2 aliphatic carbocycles. The molecule has 246 valence electrons. The van der Waals surface area contributed by atoms with E-state index in [-0.39, 0.29) is 6.17 Å². The maximum absolute atomic E-state index is 5.39. The van der Waals surface area contributed by atoms with E-state index in [2.05, 4.69) is 158 Å². The van der Waals surface area contributed by atoms with Crippen LogP contribution < -0.4 is 5.32 Å². The van der Waals surface area contributed by atoms with Gasteiger partial charge in [-0.3, -0.25) is 0 Å². The van der Waals surface area contributed by atoms with Gasteiger partial charge in [-0.05, 0) is 91.9 Å². The molecular formula is C48H33N3S. The summed E-state index contributed by atoms with van der Waals surface area (Å²) < 4.78 is 0. The first kappa shape index (κ1) is 29.7. The second-order valence-electron chi connectivity index (χ2n) is 14.1. The molecule has 7 aromatic rings. The summed E-state index contributed by atoms with van der Waals surface area (Å²) in [7, 11) is 0. The molecule has 0 aromatic heterocycles. The predicted molar refractivity (Wildman–Crippen MR) is 218 cm³/mol. The lowest BCUT2D eigenvalue weighted by Gasteiger charge is -2.27. The smallest absolute Gasteiger partial charge is 0.155 e. The van der Waals surface area contributed by atoms with Crippen LogP contribution in [0.1, 0.15) is 35.7 Å². The number of rotatable bonds is 3. The Kier molecular flexibility index (Phi) is 6.59. The number of hydrogen-bond acceptors (Lipinski definition) is 4. The number of nitrogens with one attached hydrogen (secondary N) is 1. The number of nitrogens with zero attached hydrogens (tertiary/aromatic N) is 2. The molecule has 4 aliphatic rings. The average Bonchev–Trinajstić information content (AvgIpc) is 3.23. The maximum Gasteiger partial charge on any atom is 0.155 e. The molecule has 52 heavy (non-hydrogen) atoms. The zero-order valence-electron chi connectivity index (χ0n) is 28.7. The number of allylic oxidation sites excluding steroid dienone is 3. The molecule has 2 aliphatic heterocycles. The van der Waals surface area contributed by atoms with E-state index in [0.29, 0.717) is 0 Å². The van der Waals surface area contributed by atoms with Crippen molar-refractivity contribution in [3.8, 4) is 44.5 Å². The Hall–Kier alpha value is -5.97. The lowest BCUT2D eigenvalue weighted by Crippen LogP contribution is -2.34. The summed E-state index contributed by atoms with van der Waals surface area (Å²) in [5.41, 5.74) is 14.8. The minimum absolute atomic E-state index is 0.256. The highest BCUT2D eigenvalue weighted by molar-refractivity contribution is 8.00. The van der Waals surface area contributed by atoms with Crippen LogP contribution in [0.2, 0.25) is 0 Å². The van der Waals surface area contributed by atoms with E-state index in [1.165, 1.54) is 87.0 Å². The minimum Gasteiger partial charge on any atom is -0.344 e. The first-order chi connectivity index (χ1) is 25.7. The second-order valence-corrected chi connectivity index (χ2v) is 15.1. The first-order valence-corrected chi connectivity index (χ1v) is 18.9. The van der Waals surface area contributed by atoms with Gasteiger partial charge in [-0.2, -0.15) is 0 Å². The van der Waals surface area contributed by atoms with Crippen LogP contribution in [0.25, 0.3) is 66.1 Å². The predicted octanol–water partition coefficient (Wildman–Crippen LogP) is 12.5. The minimum atomic E-state index is -0.256. The summed E-state index contributed by atoms with van der Waals surface area (Å²) in [5, 5.41) is 8.92. The van der Waals surface area contributed by atoms with Crippen LogP contribution in [-0.2, 0) is 0 Å². The van der Waals surface area contributed by atoms with Crippen molar-refractivity contribution >= 4 is 45.0 Å². The van der Waals surface area contributed by atoms with E-state index in [0.717, 1.165) is 35.6 Å². The normalized spacial score (nSPS) is 16.6. The molecule has 7 aromatic carbocycles. The number of amidine groups is 2. The van der Waals surface area contributed by atoms with Crippen LogP contribution >= 0.6 is 11.8 Å². The largest absolute Gasteiger partial charge is 0.344 e. The van der Waals surface area contributed by atoms with E-state index < -0.39 is 0 Å². The Balaban J connectivity index is 1.25. The Bertz CT molecular complexity index is 2800. The zero-order chi connectivity index (χ0) is 34.3. The summed E-state index contributed by atoms with van der Waals surface area (Å²) in [6.07, 6.45) is 8.21. The van der Waals surface area contributed by atoms with Crippen molar-refractivity contribution in [1.82, 2.24) is 5.32 Å².